The second-order valence-corrected chi connectivity index (χ2v) is 8.87. The SMILES string of the molecule is Cc1ccc(S(=O)(=O)Nc2ccc(C(F)(F)F)cc2)cc1C(=O)Nc1cccc(C(F)(F)F)c1. The molecule has 5 nitrogen and oxygen atoms in total. The van der Waals surface area contributed by atoms with Crippen molar-refractivity contribution in [3.8, 4) is 0 Å². The maximum atomic E-state index is 12.9. The summed E-state index contributed by atoms with van der Waals surface area (Å²) in [7, 11) is -4.29. The zero-order valence-electron chi connectivity index (χ0n) is 17.3. The van der Waals surface area contributed by atoms with Crippen molar-refractivity contribution in [2.75, 3.05) is 10.0 Å². The van der Waals surface area contributed by atoms with Crippen LogP contribution < -0.4 is 10.0 Å². The summed E-state index contributed by atoms with van der Waals surface area (Å²) in [4.78, 5) is 12.3. The van der Waals surface area contributed by atoms with Crippen LogP contribution in [-0.2, 0) is 22.4 Å². The largest absolute Gasteiger partial charge is 0.416 e. The molecule has 0 saturated heterocycles. The number of sulfonamides is 1. The molecule has 3 aromatic carbocycles. The second kappa shape index (κ2) is 9.01. The fourth-order valence-electron chi connectivity index (χ4n) is 2.93. The van der Waals surface area contributed by atoms with Crippen LogP contribution in [0.25, 0.3) is 0 Å². The van der Waals surface area contributed by atoms with Gasteiger partial charge in [-0.25, -0.2) is 8.42 Å². The number of carbonyl (C=O) groups is 1. The van der Waals surface area contributed by atoms with Gasteiger partial charge in [0.1, 0.15) is 0 Å². The summed E-state index contributed by atoms with van der Waals surface area (Å²) >= 11 is 0. The van der Waals surface area contributed by atoms with Crippen LogP contribution >= 0.6 is 0 Å². The third kappa shape index (κ3) is 5.87. The van der Waals surface area contributed by atoms with Gasteiger partial charge in [0.15, 0.2) is 0 Å². The molecule has 0 heterocycles. The number of hydrogen-bond donors (Lipinski definition) is 2. The fourth-order valence-corrected chi connectivity index (χ4v) is 4.01. The van der Waals surface area contributed by atoms with Crippen LogP contribution in [0.2, 0.25) is 0 Å². The van der Waals surface area contributed by atoms with Crippen molar-refractivity contribution in [3.05, 3.63) is 89.0 Å². The third-order valence-electron chi connectivity index (χ3n) is 4.68. The molecule has 3 rings (SSSR count). The first kappa shape index (κ1) is 25.1. The Morgan fingerprint density at radius 3 is 1.97 bits per heavy atom. The van der Waals surface area contributed by atoms with E-state index in [2.05, 4.69) is 10.0 Å². The third-order valence-corrected chi connectivity index (χ3v) is 6.06. The Morgan fingerprint density at radius 1 is 0.765 bits per heavy atom. The summed E-state index contributed by atoms with van der Waals surface area (Å²) in [5, 5.41) is 2.30. The molecule has 34 heavy (non-hydrogen) atoms. The number of hydrogen-bond acceptors (Lipinski definition) is 3. The lowest BCUT2D eigenvalue weighted by Gasteiger charge is -2.13. The number of carbonyl (C=O) groups excluding carboxylic acids is 1. The standard InChI is InChI=1S/C22H16F6N2O3S/c1-13-5-10-18(34(32,33)30-16-8-6-14(7-9-16)21(23,24)25)12-19(13)20(31)29-17-4-2-3-15(11-17)22(26,27)28/h2-12,30H,1H3,(H,29,31). The molecule has 0 aromatic heterocycles. The Balaban J connectivity index is 1.84. The van der Waals surface area contributed by atoms with Crippen molar-refractivity contribution in [2.24, 2.45) is 0 Å². The Bertz CT molecular complexity index is 1320. The van der Waals surface area contributed by atoms with Crippen molar-refractivity contribution >= 4 is 27.3 Å². The van der Waals surface area contributed by atoms with Crippen molar-refractivity contribution in [1.29, 1.82) is 0 Å². The first-order valence-corrected chi connectivity index (χ1v) is 10.9. The highest BCUT2D eigenvalue weighted by Gasteiger charge is 2.31. The first-order valence-electron chi connectivity index (χ1n) is 9.46. The Morgan fingerprint density at radius 2 is 1.38 bits per heavy atom. The number of aryl methyl sites for hydroxylation is 1. The van der Waals surface area contributed by atoms with Crippen LogP contribution in [0.15, 0.2) is 71.6 Å². The van der Waals surface area contributed by atoms with Crippen molar-refractivity contribution in [1.82, 2.24) is 0 Å². The minimum atomic E-state index is -4.62. The zero-order chi connectivity index (χ0) is 25.3. The van der Waals surface area contributed by atoms with E-state index in [0.29, 0.717) is 17.7 Å². The van der Waals surface area contributed by atoms with Gasteiger partial charge in [0.05, 0.1) is 16.0 Å². The quantitative estimate of drug-likeness (QED) is 0.415. The van der Waals surface area contributed by atoms with Gasteiger partial charge in [-0.05, 0) is 67.1 Å². The Kier molecular flexibility index (Phi) is 6.65. The van der Waals surface area contributed by atoms with Gasteiger partial charge in [-0.2, -0.15) is 26.3 Å². The molecular formula is C22H16F6N2O3S. The van der Waals surface area contributed by atoms with Crippen LogP contribution in [0.1, 0.15) is 27.0 Å². The molecule has 0 saturated carbocycles. The molecule has 0 radical (unpaired) electrons. The molecule has 0 unspecified atom stereocenters. The smallest absolute Gasteiger partial charge is 0.322 e. The van der Waals surface area contributed by atoms with Gasteiger partial charge in [-0.15, -0.1) is 0 Å². The molecule has 0 aliphatic rings. The molecule has 0 fully saturated rings. The number of halogens is 6. The van der Waals surface area contributed by atoms with Crippen molar-refractivity contribution in [2.45, 2.75) is 24.2 Å². The van der Waals surface area contributed by atoms with Gasteiger partial charge < -0.3 is 5.32 Å². The maximum absolute atomic E-state index is 12.9. The van der Waals surface area contributed by atoms with Crippen LogP contribution in [0.3, 0.4) is 0 Å². The number of anilines is 2. The van der Waals surface area contributed by atoms with Crippen LogP contribution in [0.5, 0.6) is 0 Å². The summed E-state index contributed by atoms with van der Waals surface area (Å²) in [6.45, 7) is 1.50. The number of nitrogens with one attached hydrogen (secondary N) is 2. The highest BCUT2D eigenvalue weighted by molar-refractivity contribution is 7.92. The van der Waals surface area contributed by atoms with E-state index >= 15 is 0 Å². The maximum Gasteiger partial charge on any atom is 0.416 e. The predicted molar refractivity (Wildman–Crippen MR) is 113 cm³/mol. The number of alkyl halides is 6. The van der Waals surface area contributed by atoms with Gasteiger partial charge in [0.2, 0.25) is 0 Å². The van der Waals surface area contributed by atoms with E-state index in [1.54, 1.807) is 0 Å². The van der Waals surface area contributed by atoms with Crippen LogP contribution in [0.4, 0.5) is 37.7 Å². The van der Waals surface area contributed by atoms with E-state index in [1.807, 2.05) is 0 Å². The average Bonchev–Trinajstić information content (AvgIpc) is 2.73. The lowest BCUT2D eigenvalue weighted by Crippen LogP contribution is -2.17. The fraction of sp³-hybridized carbons (Fsp3) is 0.136. The van der Waals surface area contributed by atoms with E-state index in [9.17, 15) is 39.6 Å². The second-order valence-electron chi connectivity index (χ2n) is 7.19. The normalized spacial score (nSPS) is 12.3. The van der Waals surface area contributed by atoms with Gasteiger partial charge in [-0.1, -0.05) is 12.1 Å². The minimum absolute atomic E-state index is 0.118. The molecule has 0 bridgehead atoms. The molecule has 0 aliphatic carbocycles. The van der Waals surface area contributed by atoms with E-state index in [4.69, 9.17) is 0 Å². The molecule has 1 amide bonds. The van der Waals surface area contributed by atoms with E-state index in [-0.39, 0.29) is 21.8 Å². The Labute approximate surface area is 190 Å². The number of amides is 1. The van der Waals surface area contributed by atoms with Crippen molar-refractivity contribution in [3.63, 3.8) is 0 Å². The molecule has 180 valence electrons. The molecule has 0 atom stereocenters. The van der Waals surface area contributed by atoms with Crippen LogP contribution in [0, 0.1) is 6.92 Å². The Hall–Kier alpha value is -3.54. The molecule has 12 heteroatoms. The average molecular weight is 502 g/mol. The predicted octanol–water partition coefficient (Wildman–Crippen LogP) is 6.09. The number of rotatable bonds is 5. The monoisotopic (exact) mass is 502 g/mol. The van der Waals surface area contributed by atoms with Gasteiger partial charge in [0.25, 0.3) is 15.9 Å². The summed E-state index contributed by atoms with van der Waals surface area (Å²) in [5.41, 5.74) is -1.98. The summed E-state index contributed by atoms with van der Waals surface area (Å²) in [5.74, 6) is -0.844. The minimum Gasteiger partial charge on any atom is -0.322 e. The van der Waals surface area contributed by atoms with Gasteiger partial charge in [0, 0.05) is 16.9 Å². The highest BCUT2D eigenvalue weighted by atomic mass is 32.2. The zero-order valence-corrected chi connectivity index (χ0v) is 18.1. The highest BCUT2D eigenvalue weighted by Crippen LogP contribution is 2.32. The molecular weight excluding hydrogens is 486 g/mol. The number of benzene rings is 3. The summed E-state index contributed by atoms with van der Waals surface area (Å²) in [6, 6.07) is 10.7. The van der Waals surface area contributed by atoms with Gasteiger partial charge >= 0.3 is 12.4 Å². The van der Waals surface area contributed by atoms with E-state index in [1.165, 1.54) is 25.1 Å². The topological polar surface area (TPSA) is 75.3 Å². The molecule has 2 N–H and O–H groups in total. The van der Waals surface area contributed by atoms with E-state index < -0.39 is 39.4 Å². The molecule has 0 aliphatic heterocycles. The molecule has 3 aromatic rings. The van der Waals surface area contributed by atoms with Gasteiger partial charge in [-0.3, -0.25) is 9.52 Å². The summed E-state index contributed by atoms with van der Waals surface area (Å²) < 4.78 is 104. The summed E-state index contributed by atoms with van der Waals surface area (Å²) in [6.07, 6.45) is -9.20. The van der Waals surface area contributed by atoms with E-state index in [0.717, 1.165) is 36.4 Å². The molecule has 0 spiro atoms. The lowest BCUT2D eigenvalue weighted by atomic mass is 10.1. The first-order chi connectivity index (χ1) is 15.7. The lowest BCUT2D eigenvalue weighted by molar-refractivity contribution is -0.138. The van der Waals surface area contributed by atoms with Crippen LogP contribution in [-0.4, -0.2) is 14.3 Å². The van der Waals surface area contributed by atoms with Crippen molar-refractivity contribution < 1.29 is 39.6 Å².